The minimum Gasteiger partial charge on any atom is -0.480 e. The van der Waals surface area contributed by atoms with Gasteiger partial charge in [0.05, 0.1) is 0 Å². The lowest BCUT2D eigenvalue weighted by molar-refractivity contribution is -0.144. The van der Waals surface area contributed by atoms with Crippen LogP contribution >= 0.6 is 0 Å². The van der Waals surface area contributed by atoms with E-state index in [1.54, 1.807) is 6.92 Å². The van der Waals surface area contributed by atoms with Crippen molar-refractivity contribution in [1.82, 2.24) is 5.32 Å². The number of carboxylic acids is 1. The van der Waals surface area contributed by atoms with Crippen LogP contribution in [-0.2, 0) is 4.79 Å². The fourth-order valence-corrected chi connectivity index (χ4v) is 2.73. The maximum atomic E-state index is 11.4. The average molecular weight is 247 g/mol. The van der Waals surface area contributed by atoms with Crippen LogP contribution in [0.3, 0.4) is 0 Å². The summed E-state index contributed by atoms with van der Waals surface area (Å²) in [6.07, 6.45) is 0.879. The number of benzene rings is 1. The van der Waals surface area contributed by atoms with Gasteiger partial charge in [-0.1, -0.05) is 38.1 Å². The minimum absolute atomic E-state index is 0.0520. The summed E-state index contributed by atoms with van der Waals surface area (Å²) >= 11 is 0. The third-order valence-electron chi connectivity index (χ3n) is 4.07. The molecule has 0 spiro atoms. The van der Waals surface area contributed by atoms with Crippen molar-refractivity contribution in [3.05, 3.63) is 35.4 Å². The van der Waals surface area contributed by atoms with Crippen molar-refractivity contribution >= 4 is 5.97 Å². The van der Waals surface area contributed by atoms with Crippen LogP contribution < -0.4 is 5.32 Å². The van der Waals surface area contributed by atoms with E-state index in [1.807, 2.05) is 0 Å². The highest BCUT2D eigenvalue weighted by Gasteiger charge is 2.45. The minimum atomic E-state index is -0.834. The highest BCUT2D eigenvalue weighted by molar-refractivity contribution is 5.80. The summed E-state index contributed by atoms with van der Waals surface area (Å²) in [4.78, 5) is 11.4. The third kappa shape index (κ3) is 2.15. The molecule has 98 valence electrons. The van der Waals surface area contributed by atoms with Gasteiger partial charge in [0.2, 0.25) is 0 Å². The first-order valence-electron chi connectivity index (χ1n) is 6.53. The molecule has 2 N–H and O–H groups in total. The van der Waals surface area contributed by atoms with E-state index in [-0.39, 0.29) is 5.92 Å². The predicted octanol–water partition coefficient (Wildman–Crippen LogP) is 2.73. The van der Waals surface area contributed by atoms with Crippen LogP contribution in [0.25, 0.3) is 0 Å². The second kappa shape index (κ2) is 4.73. The Morgan fingerprint density at radius 1 is 1.39 bits per heavy atom. The number of rotatable bonds is 3. The van der Waals surface area contributed by atoms with Crippen molar-refractivity contribution in [1.29, 1.82) is 0 Å². The molecule has 3 heteroatoms. The summed E-state index contributed by atoms with van der Waals surface area (Å²) in [5, 5.41) is 12.5. The molecule has 0 amide bonds. The average Bonchev–Trinajstić information content (AvgIpc) is 2.73. The summed E-state index contributed by atoms with van der Waals surface area (Å²) < 4.78 is 0. The second-order valence-electron chi connectivity index (χ2n) is 5.60. The van der Waals surface area contributed by atoms with Crippen LogP contribution in [-0.4, -0.2) is 23.2 Å². The van der Waals surface area contributed by atoms with E-state index < -0.39 is 11.5 Å². The normalized spacial score (nSPS) is 27.7. The van der Waals surface area contributed by atoms with Gasteiger partial charge in [0, 0.05) is 5.92 Å². The van der Waals surface area contributed by atoms with Crippen molar-refractivity contribution in [3.63, 3.8) is 0 Å². The molecule has 1 aliphatic heterocycles. The molecule has 0 aliphatic carbocycles. The third-order valence-corrected chi connectivity index (χ3v) is 4.07. The molecule has 2 atom stereocenters. The summed E-state index contributed by atoms with van der Waals surface area (Å²) in [6.45, 7) is 6.86. The molecule has 1 aliphatic rings. The topological polar surface area (TPSA) is 49.3 Å². The zero-order valence-corrected chi connectivity index (χ0v) is 11.2. The Morgan fingerprint density at radius 2 is 2.00 bits per heavy atom. The molecule has 1 saturated heterocycles. The highest BCUT2D eigenvalue weighted by atomic mass is 16.4. The lowest BCUT2D eigenvalue weighted by atomic mass is 9.81. The van der Waals surface area contributed by atoms with Crippen molar-refractivity contribution in [2.24, 2.45) is 0 Å². The molecule has 0 radical (unpaired) electrons. The van der Waals surface area contributed by atoms with Gasteiger partial charge in [-0.05, 0) is 36.9 Å². The summed E-state index contributed by atoms with van der Waals surface area (Å²) in [6, 6.07) is 8.38. The van der Waals surface area contributed by atoms with Gasteiger partial charge in [-0.3, -0.25) is 4.79 Å². The number of hydrogen-bond donors (Lipinski definition) is 2. The van der Waals surface area contributed by atoms with Gasteiger partial charge in [-0.2, -0.15) is 0 Å². The molecule has 1 unspecified atom stereocenters. The van der Waals surface area contributed by atoms with E-state index in [9.17, 15) is 9.90 Å². The highest BCUT2D eigenvalue weighted by Crippen LogP contribution is 2.36. The smallest absolute Gasteiger partial charge is 0.324 e. The lowest BCUT2D eigenvalue weighted by Crippen LogP contribution is -2.48. The van der Waals surface area contributed by atoms with Gasteiger partial charge in [-0.25, -0.2) is 0 Å². The van der Waals surface area contributed by atoms with Crippen molar-refractivity contribution in [2.75, 3.05) is 6.54 Å². The van der Waals surface area contributed by atoms with Crippen molar-refractivity contribution in [3.8, 4) is 0 Å². The van der Waals surface area contributed by atoms with Gasteiger partial charge in [-0.15, -0.1) is 0 Å². The van der Waals surface area contributed by atoms with Crippen LogP contribution in [0.1, 0.15) is 50.2 Å². The molecule has 18 heavy (non-hydrogen) atoms. The number of carboxylic acid groups (broad SMARTS) is 1. The van der Waals surface area contributed by atoms with E-state index in [4.69, 9.17) is 0 Å². The second-order valence-corrected chi connectivity index (χ2v) is 5.60. The molecular weight excluding hydrogens is 226 g/mol. The molecule has 1 fully saturated rings. The molecular formula is C15H21NO2. The first-order valence-corrected chi connectivity index (χ1v) is 6.53. The SMILES string of the molecule is CC(C)c1ccc(C2CCN[C@]2(C)C(=O)O)cc1. The Bertz CT molecular complexity index is 438. The molecule has 2 rings (SSSR count). The standard InChI is InChI=1S/C15H21NO2/c1-10(2)11-4-6-12(7-5-11)13-8-9-16-15(13,3)14(17)18/h4-7,10,13,16H,8-9H2,1-3H3,(H,17,18)/t13?,15-/m0/s1. The van der Waals surface area contributed by atoms with Crippen LogP contribution in [0.5, 0.6) is 0 Å². The Labute approximate surface area is 108 Å². The quantitative estimate of drug-likeness (QED) is 0.863. The van der Waals surface area contributed by atoms with Gasteiger partial charge in [0.25, 0.3) is 0 Å². The number of hydrogen-bond acceptors (Lipinski definition) is 2. The summed E-state index contributed by atoms with van der Waals surface area (Å²) in [7, 11) is 0. The van der Waals surface area contributed by atoms with Gasteiger partial charge in [0.1, 0.15) is 5.54 Å². The largest absolute Gasteiger partial charge is 0.480 e. The molecule has 1 aromatic rings. The Morgan fingerprint density at radius 3 is 2.50 bits per heavy atom. The predicted molar refractivity (Wildman–Crippen MR) is 71.9 cm³/mol. The monoisotopic (exact) mass is 247 g/mol. The molecule has 0 saturated carbocycles. The maximum absolute atomic E-state index is 11.4. The molecule has 3 nitrogen and oxygen atoms in total. The summed E-state index contributed by atoms with van der Waals surface area (Å²) in [5.74, 6) is -0.208. The van der Waals surface area contributed by atoms with Gasteiger partial charge < -0.3 is 10.4 Å². The van der Waals surface area contributed by atoms with Crippen molar-refractivity contribution in [2.45, 2.75) is 44.6 Å². The molecule has 0 bridgehead atoms. The van der Waals surface area contributed by atoms with E-state index >= 15 is 0 Å². The first-order chi connectivity index (χ1) is 8.45. The zero-order chi connectivity index (χ0) is 13.3. The van der Waals surface area contributed by atoms with Crippen molar-refractivity contribution < 1.29 is 9.90 Å². The zero-order valence-electron chi connectivity index (χ0n) is 11.2. The van der Waals surface area contributed by atoms with E-state index in [2.05, 4.69) is 43.4 Å². The fourth-order valence-electron chi connectivity index (χ4n) is 2.73. The Kier molecular flexibility index (Phi) is 3.44. The molecule has 1 heterocycles. The van der Waals surface area contributed by atoms with Crippen LogP contribution in [0.4, 0.5) is 0 Å². The van der Waals surface area contributed by atoms with Gasteiger partial charge in [0.15, 0.2) is 0 Å². The first kappa shape index (κ1) is 13.1. The van der Waals surface area contributed by atoms with E-state index in [0.29, 0.717) is 5.92 Å². The fraction of sp³-hybridized carbons (Fsp3) is 0.533. The number of nitrogens with one attached hydrogen (secondary N) is 1. The van der Waals surface area contributed by atoms with Crippen LogP contribution in [0, 0.1) is 0 Å². The molecule has 0 aromatic heterocycles. The van der Waals surface area contributed by atoms with E-state index in [1.165, 1.54) is 5.56 Å². The number of aliphatic carboxylic acids is 1. The lowest BCUT2D eigenvalue weighted by Gasteiger charge is -2.27. The maximum Gasteiger partial charge on any atom is 0.324 e. The summed E-state index contributed by atoms with van der Waals surface area (Å²) in [5.41, 5.74) is 1.58. The molecule has 1 aromatic carbocycles. The Hall–Kier alpha value is -1.35. The number of carbonyl (C=O) groups is 1. The van der Waals surface area contributed by atoms with E-state index in [0.717, 1.165) is 18.5 Å². The van der Waals surface area contributed by atoms with Crippen LogP contribution in [0.2, 0.25) is 0 Å². The Balaban J connectivity index is 2.28. The van der Waals surface area contributed by atoms with Crippen LogP contribution in [0.15, 0.2) is 24.3 Å². The van der Waals surface area contributed by atoms with Gasteiger partial charge >= 0.3 is 5.97 Å².